The van der Waals surface area contributed by atoms with Crippen LogP contribution in [-0.4, -0.2) is 46.4 Å². The lowest BCUT2D eigenvalue weighted by Gasteiger charge is -2.12. The molecule has 0 aliphatic rings. The number of nitrogens with zero attached hydrogens (tertiary/aromatic N) is 3. The van der Waals surface area contributed by atoms with E-state index in [1.54, 1.807) is 0 Å². The van der Waals surface area contributed by atoms with Crippen LogP contribution in [0.25, 0.3) is 0 Å². The second-order valence-electron chi connectivity index (χ2n) is 4.64. The van der Waals surface area contributed by atoms with Crippen molar-refractivity contribution in [3.8, 4) is 6.01 Å². The van der Waals surface area contributed by atoms with Crippen molar-refractivity contribution in [1.29, 1.82) is 0 Å². The van der Waals surface area contributed by atoms with Gasteiger partial charge in [-0.2, -0.15) is 15.0 Å². The molecule has 3 N–H and O–H groups in total. The predicted octanol–water partition coefficient (Wildman–Crippen LogP) is 1.52. The van der Waals surface area contributed by atoms with E-state index in [1.807, 2.05) is 13.8 Å². The summed E-state index contributed by atoms with van der Waals surface area (Å²) in [6.45, 7) is 8.27. The Bertz CT molecular complexity index is 389. The Labute approximate surface area is 120 Å². The van der Waals surface area contributed by atoms with E-state index in [4.69, 9.17) is 9.84 Å². The number of anilines is 2. The maximum absolute atomic E-state index is 8.89. The third kappa shape index (κ3) is 6.01. The second-order valence-corrected chi connectivity index (χ2v) is 4.64. The quantitative estimate of drug-likeness (QED) is 0.599. The Morgan fingerprint density at radius 2 is 1.85 bits per heavy atom. The van der Waals surface area contributed by atoms with Crippen molar-refractivity contribution in [2.45, 2.75) is 33.6 Å². The first kappa shape index (κ1) is 16.4. The summed E-state index contributed by atoms with van der Waals surface area (Å²) in [6, 6.07) is 0.329. The highest BCUT2D eigenvalue weighted by atomic mass is 16.5. The summed E-state index contributed by atoms with van der Waals surface area (Å²) in [7, 11) is 0. The molecule has 1 aromatic rings. The van der Waals surface area contributed by atoms with E-state index in [-0.39, 0.29) is 6.61 Å². The normalized spacial score (nSPS) is 12.0. The van der Waals surface area contributed by atoms with Crippen molar-refractivity contribution < 1.29 is 9.84 Å². The van der Waals surface area contributed by atoms with E-state index in [2.05, 4.69) is 32.5 Å². The Hall–Kier alpha value is -1.63. The predicted molar refractivity (Wildman–Crippen MR) is 79.1 cm³/mol. The number of hydrogen-bond donors (Lipinski definition) is 3. The van der Waals surface area contributed by atoms with Crippen LogP contribution in [0.1, 0.15) is 33.6 Å². The minimum absolute atomic E-state index is 0.188. The smallest absolute Gasteiger partial charge is 0.323 e. The third-order valence-electron chi connectivity index (χ3n) is 2.62. The molecule has 0 bridgehead atoms. The Morgan fingerprint density at radius 1 is 1.15 bits per heavy atom. The summed E-state index contributed by atoms with van der Waals surface area (Å²) in [5, 5.41) is 15.1. The fourth-order valence-electron chi connectivity index (χ4n) is 1.52. The molecular weight excluding hydrogens is 258 g/mol. The van der Waals surface area contributed by atoms with Gasteiger partial charge in [0.2, 0.25) is 11.9 Å². The fraction of sp³-hybridized carbons (Fsp3) is 0.769. The average molecular weight is 283 g/mol. The molecule has 1 atom stereocenters. The highest BCUT2D eigenvalue weighted by molar-refractivity contribution is 5.35. The summed E-state index contributed by atoms with van der Waals surface area (Å²) in [6.07, 6.45) is 1.65. The van der Waals surface area contributed by atoms with E-state index in [9.17, 15) is 0 Å². The van der Waals surface area contributed by atoms with Crippen molar-refractivity contribution >= 4 is 11.9 Å². The van der Waals surface area contributed by atoms with Crippen molar-refractivity contribution in [1.82, 2.24) is 15.0 Å². The fourth-order valence-corrected chi connectivity index (χ4v) is 1.52. The van der Waals surface area contributed by atoms with Gasteiger partial charge in [-0.15, -0.1) is 0 Å². The number of aliphatic hydroxyl groups is 1. The molecule has 0 aliphatic carbocycles. The van der Waals surface area contributed by atoms with Gasteiger partial charge in [0, 0.05) is 19.7 Å². The first-order valence-electron chi connectivity index (χ1n) is 7.17. The van der Waals surface area contributed by atoms with Gasteiger partial charge in [0.25, 0.3) is 0 Å². The molecule has 0 saturated heterocycles. The minimum Gasteiger partial charge on any atom is -0.463 e. The van der Waals surface area contributed by atoms with Gasteiger partial charge < -0.3 is 20.5 Å². The van der Waals surface area contributed by atoms with Gasteiger partial charge in [0.05, 0.1) is 6.61 Å². The Morgan fingerprint density at radius 3 is 2.45 bits per heavy atom. The standard InChI is InChI=1S/C13H25N5O2/c1-4-8-20-13-17-11(14-5-2)16-12(18-13)15-9-10(3)6-7-19/h10,19H,4-9H2,1-3H3,(H2,14,15,16,17,18). The highest BCUT2D eigenvalue weighted by Gasteiger charge is 2.08. The molecular formula is C13H25N5O2. The monoisotopic (exact) mass is 283 g/mol. The maximum Gasteiger partial charge on any atom is 0.323 e. The molecule has 0 aromatic carbocycles. The van der Waals surface area contributed by atoms with Crippen LogP contribution in [0.5, 0.6) is 6.01 Å². The van der Waals surface area contributed by atoms with Crippen LogP contribution in [0.15, 0.2) is 0 Å². The molecule has 0 saturated carbocycles. The summed E-state index contributed by atoms with van der Waals surface area (Å²) >= 11 is 0. The zero-order valence-electron chi connectivity index (χ0n) is 12.5. The number of nitrogens with one attached hydrogen (secondary N) is 2. The van der Waals surface area contributed by atoms with Crippen LogP contribution >= 0.6 is 0 Å². The van der Waals surface area contributed by atoms with E-state index in [0.29, 0.717) is 37.0 Å². The summed E-state index contributed by atoms with van der Waals surface area (Å²) in [5.41, 5.74) is 0. The molecule has 0 fully saturated rings. The summed E-state index contributed by atoms with van der Waals surface area (Å²) < 4.78 is 5.45. The minimum atomic E-state index is 0.188. The van der Waals surface area contributed by atoms with Crippen molar-refractivity contribution in [2.24, 2.45) is 5.92 Å². The van der Waals surface area contributed by atoms with Gasteiger partial charge >= 0.3 is 6.01 Å². The molecule has 7 heteroatoms. The molecule has 0 spiro atoms. The molecule has 0 radical (unpaired) electrons. The highest BCUT2D eigenvalue weighted by Crippen LogP contribution is 2.12. The van der Waals surface area contributed by atoms with Crippen molar-refractivity contribution in [3.63, 3.8) is 0 Å². The van der Waals surface area contributed by atoms with Gasteiger partial charge in [-0.3, -0.25) is 0 Å². The van der Waals surface area contributed by atoms with Gasteiger partial charge in [0.1, 0.15) is 0 Å². The van der Waals surface area contributed by atoms with Gasteiger partial charge in [0.15, 0.2) is 0 Å². The average Bonchev–Trinajstić information content (AvgIpc) is 2.43. The molecule has 20 heavy (non-hydrogen) atoms. The Kier molecular flexibility index (Phi) is 7.64. The van der Waals surface area contributed by atoms with E-state index in [0.717, 1.165) is 19.4 Å². The molecule has 1 aromatic heterocycles. The van der Waals surface area contributed by atoms with Crippen LogP contribution < -0.4 is 15.4 Å². The number of aliphatic hydroxyl groups excluding tert-OH is 1. The zero-order chi connectivity index (χ0) is 14.8. The van der Waals surface area contributed by atoms with Gasteiger partial charge in [-0.25, -0.2) is 0 Å². The lowest BCUT2D eigenvalue weighted by atomic mass is 10.1. The Balaban J connectivity index is 2.69. The molecule has 1 heterocycles. The largest absolute Gasteiger partial charge is 0.463 e. The molecule has 7 nitrogen and oxygen atoms in total. The van der Waals surface area contributed by atoms with Crippen LogP contribution in [0.2, 0.25) is 0 Å². The molecule has 1 unspecified atom stereocenters. The topological polar surface area (TPSA) is 92.2 Å². The zero-order valence-corrected chi connectivity index (χ0v) is 12.5. The van der Waals surface area contributed by atoms with E-state index in [1.165, 1.54) is 0 Å². The third-order valence-corrected chi connectivity index (χ3v) is 2.62. The van der Waals surface area contributed by atoms with Crippen LogP contribution in [-0.2, 0) is 0 Å². The SMILES string of the molecule is CCCOc1nc(NCC)nc(NCC(C)CCO)n1. The van der Waals surface area contributed by atoms with E-state index >= 15 is 0 Å². The first-order chi connectivity index (χ1) is 9.69. The number of rotatable bonds is 10. The lowest BCUT2D eigenvalue weighted by molar-refractivity contribution is 0.265. The summed E-state index contributed by atoms with van der Waals surface area (Å²) in [5.74, 6) is 1.34. The number of ether oxygens (including phenoxy) is 1. The van der Waals surface area contributed by atoms with Crippen LogP contribution in [0.3, 0.4) is 0 Å². The molecule has 0 aliphatic heterocycles. The second kappa shape index (κ2) is 9.30. The number of aromatic nitrogens is 3. The first-order valence-corrected chi connectivity index (χ1v) is 7.17. The van der Waals surface area contributed by atoms with Crippen LogP contribution in [0.4, 0.5) is 11.9 Å². The van der Waals surface area contributed by atoms with Crippen molar-refractivity contribution in [2.75, 3.05) is 36.9 Å². The van der Waals surface area contributed by atoms with Gasteiger partial charge in [-0.05, 0) is 25.7 Å². The summed E-state index contributed by atoms with van der Waals surface area (Å²) in [4.78, 5) is 12.7. The molecule has 114 valence electrons. The van der Waals surface area contributed by atoms with Crippen LogP contribution in [0, 0.1) is 5.92 Å². The van der Waals surface area contributed by atoms with Crippen molar-refractivity contribution in [3.05, 3.63) is 0 Å². The van der Waals surface area contributed by atoms with Gasteiger partial charge in [-0.1, -0.05) is 13.8 Å². The maximum atomic E-state index is 8.89. The van der Waals surface area contributed by atoms with E-state index < -0.39 is 0 Å². The lowest BCUT2D eigenvalue weighted by Crippen LogP contribution is -2.16. The molecule has 1 rings (SSSR count). The number of hydrogen-bond acceptors (Lipinski definition) is 7. The molecule has 0 amide bonds.